The number of rotatable bonds is 6. The normalized spacial score (nSPS) is 26.8. The van der Waals surface area contributed by atoms with E-state index < -0.39 is 0 Å². The summed E-state index contributed by atoms with van der Waals surface area (Å²) in [6.45, 7) is 14.6. The lowest BCUT2D eigenvalue weighted by Crippen LogP contribution is -2.44. The summed E-state index contributed by atoms with van der Waals surface area (Å²) < 4.78 is 0. The van der Waals surface area contributed by atoms with Gasteiger partial charge in [-0.05, 0) is 146 Å². The summed E-state index contributed by atoms with van der Waals surface area (Å²) in [7, 11) is 0. The first kappa shape index (κ1) is 39.4. The Balaban J connectivity index is 1.01. The molecule has 5 atom stereocenters. The zero-order chi connectivity index (χ0) is 43.6. The van der Waals surface area contributed by atoms with Crippen LogP contribution in [0.25, 0.3) is 27.8 Å². The largest absolute Gasteiger partial charge is 0.310 e. The first-order valence-electron chi connectivity index (χ1n) is 23.9. The third-order valence-corrected chi connectivity index (χ3v) is 16.8. The van der Waals surface area contributed by atoms with Crippen molar-refractivity contribution >= 4 is 22.6 Å². The van der Waals surface area contributed by atoms with Crippen LogP contribution in [0.4, 0.5) is 17.1 Å². The fourth-order valence-electron chi connectivity index (χ4n) is 13.5. The van der Waals surface area contributed by atoms with Gasteiger partial charge in [0.25, 0.3) is 0 Å². The van der Waals surface area contributed by atoms with Gasteiger partial charge in [0.1, 0.15) is 0 Å². The van der Waals surface area contributed by atoms with E-state index in [4.69, 9.17) is 0 Å². The van der Waals surface area contributed by atoms with Crippen molar-refractivity contribution in [3.8, 4) is 22.3 Å². The van der Waals surface area contributed by atoms with Gasteiger partial charge < -0.3 is 4.90 Å². The van der Waals surface area contributed by atoms with Gasteiger partial charge in [-0.2, -0.15) is 0 Å². The fraction of sp³-hybridized carbons (Fsp3) is 0.270. The van der Waals surface area contributed by atoms with Crippen LogP contribution in [0.2, 0.25) is 0 Å². The zero-order valence-electron chi connectivity index (χ0n) is 38.3. The molecule has 0 heterocycles. The van der Waals surface area contributed by atoms with E-state index in [9.17, 15) is 0 Å². The highest BCUT2D eigenvalue weighted by Gasteiger charge is 2.56. The number of nitrogens with zero attached hydrogens (tertiary/aromatic N) is 1. The minimum Gasteiger partial charge on any atom is -0.310 e. The molecule has 0 bridgehead atoms. The fourth-order valence-corrected chi connectivity index (χ4v) is 13.5. The Bertz CT molecular complexity index is 3040. The molecule has 0 radical (unpaired) electrons. The Hall–Kier alpha value is -6.18. The molecule has 316 valence electrons. The highest BCUT2D eigenvalue weighted by molar-refractivity contribution is 5.95. The maximum absolute atomic E-state index is 2.55. The van der Waals surface area contributed by atoms with Crippen LogP contribution in [0.3, 0.4) is 0 Å². The molecule has 0 spiro atoms. The number of hydrogen-bond donors (Lipinski definition) is 0. The van der Waals surface area contributed by atoms with Gasteiger partial charge >= 0.3 is 0 Å². The molecule has 0 N–H and O–H groups in total. The highest BCUT2D eigenvalue weighted by atomic mass is 15.1. The maximum Gasteiger partial charge on any atom is 0.0551 e. The molecule has 7 aliphatic rings. The number of allylic oxidation sites excluding steroid dienone is 16. The molecule has 1 heteroatoms. The van der Waals surface area contributed by atoms with E-state index in [2.05, 4.69) is 229 Å². The van der Waals surface area contributed by atoms with Crippen molar-refractivity contribution in [2.45, 2.75) is 89.4 Å². The third-order valence-electron chi connectivity index (χ3n) is 16.8. The Morgan fingerprint density at radius 1 is 0.609 bits per heavy atom. The Kier molecular flexibility index (Phi) is 8.72. The van der Waals surface area contributed by atoms with E-state index in [0.29, 0.717) is 17.8 Å². The van der Waals surface area contributed by atoms with Crippen LogP contribution >= 0.6 is 0 Å². The number of hydrogen-bond acceptors (Lipinski definition) is 1. The summed E-state index contributed by atoms with van der Waals surface area (Å²) in [4.78, 5) is 2.53. The third kappa shape index (κ3) is 5.43. The van der Waals surface area contributed by atoms with Crippen LogP contribution in [-0.2, 0) is 16.2 Å². The summed E-state index contributed by atoms with van der Waals surface area (Å²) >= 11 is 0. The molecular weight excluding hydrogens is 771 g/mol. The second kappa shape index (κ2) is 14.2. The van der Waals surface area contributed by atoms with Crippen molar-refractivity contribution in [2.24, 2.45) is 17.3 Å². The van der Waals surface area contributed by atoms with Crippen molar-refractivity contribution in [2.75, 3.05) is 4.90 Å². The second-order valence-corrected chi connectivity index (χ2v) is 21.0. The molecule has 12 rings (SSSR count). The SMILES string of the molecule is CC1C=CC(C2(C3(C)C=CC=CC3)c3ccccc3-c3c(-c4ccc(N(c5ccc6c(c5)C(C)(C)C5=C6C=CCC5)c5ccc6c(c5)C(C)(C)C5C=CC=CC65)cc4)cccc32)=CC1. The first-order valence-corrected chi connectivity index (χ1v) is 23.9. The van der Waals surface area contributed by atoms with Gasteiger partial charge in [-0.15, -0.1) is 0 Å². The smallest absolute Gasteiger partial charge is 0.0551 e. The van der Waals surface area contributed by atoms with Crippen molar-refractivity contribution in [1.82, 2.24) is 0 Å². The monoisotopic (exact) mass is 829 g/mol. The van der Waals surface area contributed by atoms with E-state index in [1.165, 1.54) is 83.8 Å². The molecule has 0 aliphatic heterocycles. The molecular formula is C63H59N. The summed E-state index contributed by atoms with van der Waals surface area (Å²) in [5.41, 5.74) is 21.4. The minimum absolute atomic E-state index is 0.0169. The molecule has 1 nitrogen and oxygen atoms in total. The standard InChI is InChI=1S/C63H59N/c1-41-25-29-43(30-26-41)63(62(6)37-14-7-15-38-62)55-23-13-10-19-52(55)59-47(20-16-24-56(59)63)42-27-31-44(32-28-42)64(45-33-35-50-48-17-8-11-21-53(48)60(2,3)57(50)39-45)46-34-36-51-49-18-9-12-22-54(49)61(4,5)58(51)40-46/h7-11,13-21,23-25,27-37,39-41,48,53H,12,22,26,38H2,1-6H3. The zero-order valence-corrected chi connectivity index (χ0v) is 38.3. The lowest BCUT2D eigenvalue weighted by atomic mass is 9.53. The summed E-state index contributed by atoms with van der Waals surface area (Å²) in [5.74, 6) is 1.42. The van der Waals surface area contributed by atoms with Crippen LogP contribution in [0, 0.1) is 17.3 Å². The average molecular weight is 830 g/mol. The lowest BCUT2D eigenvalue weighted by molar-refractivity contribution is 0.290. The van der Waals surface area contributed by atoms with Crippen molar-refractivity contribution in [3.05, 3.63) is 227 Å². The number of benzene rings is 5. The van der Waals surface area contributed by atoms with E-state index >= 15 is 0 Å². The van der Waals surface area contributed by atoms with Gasteiger partial charge in [-0.25, -0.2) is 0 Å². The maximum atomic E-state index is 2.55. The van der Waals surface area contributed by atoms with Crippen LogP contribution in [0.1, 0.15) is 107 Å². The molecule has 0 aromatic heterocycles. The molecule has 5 unspecified atom stereocenters. The number of fused-ring (bicyclic) bond motifs is 8. The van der Waals surface area contributed by atoms with E-state index in [-0.39, 0.29) is 21.7 Å². The quantitative estimate of drug-likeness (QED) is 0.165. The van der Waals surface area contributed by atoms with Gasteiger partial charge in [0.2, 0.25) is 0 Å². The molecule has 0 saturated heterocycles. The predicted molar refractivity (Wildman–Crippen MR) is 271 cm³/mol. The molecule has 64 heavy (non-hydrogen) atoms. The van der Waals surface area contributed by atoms with Gasteiger partial charge in [0, 0.05) is 33.8 Å². The van der Waals surface area contributed by atoms with Crippen LogP contribution in [-0.4, -0.2) is 0 Å². The van der Waals surface area contributed by atoms with Crippen molar-refractivity contribution in [1.29, 1.82) is 0 Å². The summed E-state index contributed by atoms with van der Waals surface area (Å²) in [5, 5.41) is 0. The topological polar surface area (TPSA) is 3.24 Å². The molecule has 7 aliphatic carbocycles. The van der Waals surface area contributed by atoms with Crippen molar-refractivity contribution in [3.63, 3.8) is 0 Å². The van der Waals surface area contributed by atoms with Gasteiger partial charge in [-0.3, -0.25) is 0 Å². The molecule has 0 fully saturated rings. The predicted octanol–water partition coefficient (Wildman–Crippen LogP) is 16.6. The lowest BCUT2D eigenvalue weighted by Gasteiger charge is -2.49. The first-order chi connectivity index (χ1) is 31.0. The average Bonchev–Trinajstić information content (AvgIpc) is 3.85. The Morgan fingerprint density at radius 3 is 2.16 bits per heavy atom. The highest BCUT2D eigenvalue weighted by Crippen LogP contribution is 2.65. The Labute approximate surface area is 381 Å². The van der Waals surface area contributed by atoms with Crippen LogP contribution in [0.5, 0.6) is 0 Å². The minimum atomic E-state index is -0.320. The summed E-state index contributed by atoms with van der Waals surface area (Å²) in [6, 6.07) is 40.5. The second-order valence-electron chi connectivity index (χ2n) is 21.0. The van der Waals surface area contributed by atoms with E-state index in [0.717, 1.165) is 25.7 Å². The summed E-state index contributed by atoms with van der Waals surface area (Å²) in [6.07, 6.45) is 35.2. The van der Waals surface area contributed by atoms with Crippen LogP contribution < -0.4 is 4.90 Å². The van der Waals surface area contributed by atoms with E-state index in [1.54, 1.807) is 5.57 Å². The molecule has 0 amide bonds. The van der Waals surface area contributed by atoms with E-state index in [1.807, 2.05) is 0 Å². The van der Waals surface area contributed by atoms with Gasteiger partial charge in [-0.1, -0.05) is 193 Å². The molecule has 0 saturated carbocycles. The van der Waals surface area contributed by atoms with Gasteiger partial charge in [0.15, 0.2) is 0 Å². The Morgan fingerprint density at radius 2 is 1.36 bits per heavy atom. The van der Waals surface area contributed by atoms with Crippen LogP contribution in [0.15, 0.2) is 193 Å². The van der Waals surface area contributed by atoms with Crippen molar-refractivity contribution < 1.29 is 0 Å². The molecule has 5 aromatic rings. The molecule has 5 aromatic carbocycles. The van der Waals surface area contributed by atoms with Gasteiger partial charge in [0.05, 0.1) is 5.41 Å². The number of anilines is 3.